The normalized spacial score (nSPS) is 19.6. The Morgan fingerprint density at radius 3 is 2.78 bits per heavy atom. The third-order valence-corrected chi connectivity index (χ3v) is 7.01. The van der Waals surface area contributed by atoms with Gasteiger partial charge in [-0.05, 0) is 68.4 Å². The molecule has 168 valence electrons. The molecule has 0 bridgehead atoms. The number of nitrogens with zero attached hydrogens (tertiary/aromatic N) is 1. The fourth-order valence-electron chi connectivity index (χ4n) is 4.79. The second kappa shape index (κ2) is 9.93. The van der Waals surface area contributed by atoms with Crippen molar-refractivity contribution >= 4 is 23.3 Å². The van der Waals surface area contributed by atoms with Crippen molar-refractivity contribution in [1.82, 2.24) is 10.2 Å². The molecule has 0 amide bonds. The summed E-state index contributed by atoms with van der Waals surface area (Å²) in [6.07, 6.45) is 7.17. The number of fused-ring (bicyclic) bond motifs is 1. The Balaban J connectivity index is 1.51. The molecule has 0 saturated carbocycles. The molecule has 2 aliphatic rings. The average Bonchev–Trinajstić information content (AvgIpc) is 2.79. The molecule has 1 heterocycles. The first-order valence-corrected chi connectivity index (χ1v) is 11.8. The van der Waals surface area contributed by atoms with E-state index in [-0.39, 0.29) is 0 Å². The van der Waals surface area contributed by atoms with Gasteiger partial charge in [0.05, 0.1) is 5.56 Å². The number of carboxylic acids is 1. The van der Waals surface area contributed by atoms with Crippen molar-refractivity contribution in [2.75, 3.05) is 13.1 Å². The van der Waals surface area contributed by atoms with E-state index in [4.69, 9.17) is 11.6 Å². The molecular weight excluding hydrogens is 420 g/mol. The van der Waals surface area contributed by atoms with Gasteiger partial charge in [0.25, 0.3) is 0 Å². The molecule has 1 atom stereocenters. The molecule has 0 spiro atoms. The third-order valence-electron chi connectivity index (χ3n) is 6.68. The van der Waals surface area contributed by atoms with E-state index in [1.54, 1.807) is 6.07 Å². The largest absolute Gasteiger partial charge is 0.478 e. The Morgan fingerprint density at radius 2 is 2.03 bits per heavy atom. The molecule has 4 rings (SSSR count). The summed E-state index contributed by atoms with van der Waals surface area (Å²) in [7, 11) is 0. The number of aryl methyl sites for hydroxylation is 1. The van der Waals surface area contributed by atoms with Crippen molar-refractivity contribution < 1.29 is 9.90 Å². The SMILES string of the molecule is CC/C=C(/NC1=C(C)CCN(C2CCc3ccc(C(=O)O)cc3C2)C1)c1ccccc1Cl. The standard InChI is InChI=1S/C27H31ClN2O2/c1-3-6-25(23-7-4-5-8-24(23)28)29-26-17-30(14-13-18(26)2)22-12-11-19-9-10-20(27(31)32)15-21(19)16-22/h4-10,15,22,29H,3,11-14,16-17H2,1-2H3,(H,31,32)/b25-6+. The lowest BCUT2D eigenvalue weighted by Crippen LogP contribution is -2.45. The molecule has 5 heteroatoms. The fourth-order valence-corrected chi connectivity index (χ4v) is 5.03. The summed E-state index contributed by atoms with van der Waals surface area (Å²) in [6, 6.07) is 14.0. The minimum Gasteiger partial charge on any atom is -0.478 e. The third kappa shape index (κ3) is 4.92. The first kappa shape index (κ1) is 22.6. The Labute approximate surface area is 195 Å². The van der Waals surface area contributed by atoms with E-state index in [0.717, 1.165) is 61.5 Å². The zero-order valence-electron chi connectivity index (χ0n) is 18.8. The van der Waals surface area contributed by atoms with Gasteiger partial charge in [-0.1, -0.05) is 54.4 Å². The lowest BCUT2D eigenvalue weighted by molar-refractivity contribution is 0.0696. The maximum absolute atomic E-state index is 11.4. The summed E-state index contributed by atoms with van der Waals surface area (Å²) < 4.78 is 0. The molecule has 1 aliphatic carbocycles. The average molecular weight is 451 g/mol. The Hall–Kier alpha value is -2.56. The van der Waals surface area contributed by atoms with Crippen LogP contribution in [0.1, 0.15) is 60.2 Å². The number of benzene rings is 2. The first-order valence-electron chi connectivity index (χ1n) is 11.5. The number of carbonyl (C=O) groups is 1. The van der Waals surface area contributed by atoms with Crippen LogP contribution in [0.25, 0.3) is 5.70 Å². The van der Waals surface area contributed by atoms with E-state index in [1.165, 1.54) is 22.4 Å². The van der Waals surface area contributed by atoms with Crippen molar-refractivity contribution in [1.29, 1.82) is 0 Å². The lowest BCUT2D eigenvalue weighted by atomic mass is 9.85. The molecule has 32 heavy (non-hydrogen) atoms. The summed E-state index contributed by atoms with van der Waals surface area (Å²) in [5.41, 5.74) is 7.59. The van der Waals surface area contributed by atoms with Crippen LogP contribution in [0, 0.1) is 0 Å². The Kier molecular flexibility index (Phi) is 7.02. The summed E-state index contributed by atoms with van der Waals surface area (Å²) in [6.45, 7) is 6.26. The van der Waals surface area contributed by atoms with Gasteiger partial charge in [-0.15, -0.1) is 0 Å². The van der Waals surface area contributed by atoms with Crippen molar-refractivity contribution in [3.8, 4) is 0 Å². The number of rotatable bonds is 6. The predicted octanol–water partition coefficient (Wildman–Crippen LogP) is 5.92. The zero-order valence-corrected chi connectivity index (χ0v) is 19.6. The predicted molar refractivity (Wildman–Crippen MR) is 131 cm³/mol. The molecule has 2 N–H and O–H groups in total. The highest BCUT2D eigenvalue weighted by atomic mass is 35.5. The highest BCUT2D eigenvalue weighted by molar-refractivity contribution is 6.32. The number of nitrogens with one attached hydrogen (secondary N) is 1. The molecule has 4 nitrogen and oxygen atoms in total. The highest BCUT2D eigenvalue weighted by Gasteiger charge is 2.28. The van der Waals surface area contributed by atoms with Gasteiger partial charge in [0.15, 0.2) is 0 Å². The molecule has 0 fully saturated rings. The zero-order chi connectivity index (χ0) is 22.7. The van der Waals surface area contributed by atoms with Crippen molar-refractivity contribution in [2.24, 2.45) is 0 Å². The van der Waals surface area contributed by atoms with E-state index < -0.39 is 5.97 Å². The van der Waals surface area contributed by atoms with Crippen molar-refractivity contribution in [3.05, 3.63) is 87.1 Å². The van der Waals surface area contributed by atoms with Gasteiger partial charge in [0.2, 0.25) is 0 Å². The minimum atomic E-state index is -0.854. The van der Waals surface area contributed by atoms with Crippen LogP contribution in [0.5, 0.6) is 0 Å². The minimum absolute atomic E-state index is 0.384. The molecule has 0 saturated heterocycles. The van der Waals surface area contributed by atoms with Crippen LogP contribution in [0.4, 0.5) is 0 Å². The van der Waals surface area contributed by atoms with Crippen LogP contribution in [0.3, 0.4) is 0 Å². The fraction of sp³-hybridized carbons (Fsp3) is 0.370. The maximum Gasteiger partial charge on any atom is 0.335 e. The monoisotopic (exact) mass is 450 g/mol. The maximum atomic E-state index is 11.4. The quantitative estimate of drug-likeness (QED) is 0.573. The van der Waals surface area contributed by atoms with Crippen LogP contribution < -0.4 is 5.32 Å². The summed E-state index contributed by atoms with van der Waals surface area (Å²) in [5, 5.41) is 13.8. The molecule has 1 unspecified atom stereocenters. The second-order valence-corrected chi connectivity index (χ2v) is 9.20. The second-order valence-electron chi connectivity index (χ2n) is 8.80. The molecular formula is C27H31ClN2O2. The highest BCUT2D eigenvalue weighted by Crippen LogP contribution is 2.30. The van der Waals surface area contributed by atoms with Gasteiger partial charge in [-0.3, -0.25) is 4.90 Å². The Morgan fingerprint density at radius 1 is 1.22 bits per heavy atom. The number of carboxylic acid groups (broad SMARTS) is 1. The Bertz CT molecular complexity index is 1070. The van der Waals surface area contributed by atoms with Crippen molar-refractivity contribution in [3.63, 3.8) is 0 Å². The number of hydrogen-bond acceptors (Lipinski definition) is 3. The molecule has 0 aromatic heterocycles. The first-order chi connectivity index (χ1) is 15.5. The van der Waals surface area contributed by atoms with E-state index in [1.807, 2.05) is 30.3 Å². The van der Waals surface area contributed by atoms with E-state index in [2.05, 4.69) is 36.2 Å². The summed E-state index contributed by atoms with van der Waals surface area (Å²) >= 11 is 6.49. The van der Waals surface area contributed by atoms with E-state index >= 15 is 0 Å². The van der Waals surface area contributed by atoms with Crippen LogP contribution in [-0.2, 0) is 12.8 Å². The van der Waals surface area contributed by atoms with E-state index in [0.29, 0.717) is 11.6 Å². The van der Waals surface area contributed by atoms with Gasteiger partial charge < -0.3 is 10.4 Å². The molecule has 0 radical (unpaired) electrons. The van der Waals surface area contributed by atoms with E-state index in [9.17, 15) is 9.90 Å². The van der Waals surface area contributed by atoms with Gasteiger partial charge >= 0.3 is 5.97 Å². The molecule has 2 aromatic rings. The number of halogens is 1. The number of allylic oxidation sites excluding steroid dienone is 1. The number of hydrogen-bond donors (Lipinski definition) is 2. The molecule has 2 aromatic carbocycles. The van der Waals surface area contributed by atoms with Gasteiger partial charge in [-0.25, -0.2) is 4.79 Å². The topological polar surface area (TPSA) is 52.6 Å². The van der Waals surface area contributed by atoms with Crippen molar-refractivity contribution in [2.45, 2.75) is 52.0 Å². The summed E-state index contributed by atoms with van der Waals surface area (Å²) in [4.78, 5) is 14.0. The van der Waals surface area contributed by atoms with Gasteiger partial charge in [0.1, 0.15) is 0 Å². The van der Waals surface area contributed by atoms with Crippen LogP contribution in [0.2, 0.25) is 5.02 Å². The van der Waals surface area contributed by atoms with Crippen LogP contribution in [0.15, 0.2) is 59.8 Å². The smallest absolute Gasteiger partial charge is 0.335 e. The van der Waals surface area contributed by atoms with Gasteiger partial charge in [0, 0.05) is 41.1 Å². The molecule has 1 aliphatic heterocycles. The summed E-state index contributed by atoms with van der Waals surface area (Å²) in [5.74, 6) is -0.854. The van der Waals surface area contributed by atoms with Crippen LogP contribution in [-0.4, -0.2) is 35.1 Å². The van der Waals surface area contributed by atoms with Crippen LogP contribution >= 0.6 is 11.6 Å². The van der Waals surface area contributed by atoms with Gasteiger partial charge in [-0.2, -0.15) is 0 Å². The lowest BCUT2D eigenvalue weighted by Gasteiger charge is -2.39. The number of aromatic carboxylic acids is 1.